The molecule has 3 heteroatoms. The largest absolute Gasteiger partial charge is 0.460 e. The minimum absolute atomic E-state index is 0.163. The Bertz CT molecular complexity index is 444. The Hall–Kier alpha value is -1.06. The monoisotopic (exact) mass is 336 g/mol. The molecular formula is C21H36O3. The number of ether oxygens (including phenoxy) is 2. The first kappa shape index (κ1) is 21.0. The molecule has 0 amide bonds. The first-order valence-corrected chi connectivity index (χ1v) is 9.47. The number of rotatable bonds is 12. The molecule has 0 aliphatic carbocycles. The Kier molecular flexibility index (Phi) is 8.79. The van der Waals surface area contributed by atoms with Crippen LogP contribution < -0.4 is 4.74 Å². The van der Waals surface area contributed by atoms with Crippen LogP contribution in [0, 0.1) is 5.41 Å². The quantitative estimate of drug-likeness (QED) is 0.401. The van der Waals surface area contributed by atoms with E-state index in [4.69, 9.17) is 9.47 Å². The maximum absolute atomic E-state index is 11.4. The fraction of sp³-hybridized carbons (Fsp3) is 0.714. The highest BCUT2D eigenvalue weighted by molar-refractivity contribution is 5.22. The molecule has 0 fully saturated rings. The van der Waals surface area contributed by atoms with E-state index in [-0.39, 0.29) is 11.5 Å². The number of unbranched alkanes of at least 4 members (excludes halogenated alkanes) is 2. The molecule has 1 aromatic rings. The lowest BCUT2D eigenvalue weighted by atomic mass is 9.76. The standard InChI is InChI=1S/C21H36O3/c1-6-9-13-17-20(4,5)19(23-8-3)21(22,16-7-2)24-18-14-11-10-12-15-18/h10-12,14-15,19,22H,6-9,13,16-17H2,1-5H3. The minimum atomic E-state index is -1.32. The average molecular weight is 337 g/mol. The molecule has 0 spiro atoms. The van der Waals surface area contributed by atoms with Gasteiger partial charge < -0.3 is 14.6 Å². The van der Waals surface area contributed by atoms with E-state index < -0.39 is 5.79 Å². The molecule has 1 aromatic carbocycles. The van der Waals surface area contributed by atoms with E-state index in [9.17, 15) is 5.11 Å². The van der Waals surface area contributed by atoms with Gasteiger partial charge in [0.15, 0.2) is 0 Å². The molecule has 2 atom stereocenters. The summed E-state index contributed by atoms with van der Waals surface area (Å²) in [7, 11) is 0. The third-order valence-corrected chi connectivity index (χ3v) is 4.52. The number of hydrogen-bond acceptors (Lipinski definition) is 3. The zero-order valence-corrected chi connectivity index (χ0v) is 16.2. The summed E-state index contributed by atoms with van der Waals surface area (Å²) in [5, 5.41) is 11.4. The Morgan fingerprint density at radius 1 is 0.958 bits per heavy atom. The Morgan fingerprint density at radius 2 is 1.62 bits per heavy atom. The van der Waals surface area contributed by atoms with Gasteiger partial charge in [-0.15, -0.1) is 0 Å². The molecule has 24 heavy (non-hydrogen) atoms. The summed E-state index contributed by atoms with van der Waals surface area (Å²) in [6, 6.07) is 9.55. The van der Waals surface area contributed by atoms with Crippen LogP contribution in [0.3, 0.4) is 0 Å². The maximum Gasteiger partial charge on any atom is 0.235 e. The molecule has 0 aromatic heterocycles. The molecule has 0 radical (unpaired) electrons. The van der Waals surface area contributed by atoms with Crippen LogP contribution in [0.4, 0.5) is 0 Å². The lowest BCUT2D eigenvalue weighted by Crippen LogP contribution is -2.55. The van der Waals surface area contributed by atoms with Gasteiger partial charge in [0.2, 0.25) is 5.79 Å². The van der Waals surface area contributed by atoms with Gasteiger partial charge >= 0.3 is 0 Å². The van der Waals surface area contributed by atoms with Crippen LogP contribution in [0.1, 0.15) is 73.1 Å². The van der Waals surface area contributed by atoms with Crippen molar-refractivity contribution in [2.75, 3.05) is 6.61 Å². The van der Waals surface area contributed by atoms with Crippen molar-refractivity contribution in [2.45, 2.75) is 85.0 Å². The molecule has 0 bridgehead atoms. The van der Waals surface area contributed by atoms with Crippen molar-refractivity contribution in [3.05, 3.63) is 30.3 Å². The van der Waals surface area contributed by atoms with E-state index in [0.717, 1.165) is 19.3 Å². The van der Waals surface area contributed by atoms with Gasteiger partial charge in [-0.3, -0.25) is 0 Å². The molecule has 0 heterocycles. The second-order valence-corrected chi connectivity index (χ2v) is 7.29. The first-order chi connectivity index (χ1) is 11.4. The van der Waals surface area contributed by atoms with Gasteiger partial charge in [-0.1, -0.05) is 65.2 Å². The number of hydrogen-bond donors (Lipinski definition) is 1. The molecule has 0 aliphatic heterocycles. The SMILES string of the molecule is CCCCCC(C)(C)C(OCC)C(O)(CCC)Oc1ccccc1. The zero-order valence-electron chi connectivity index (χ0n) is 16.2. The van der Waals surface area contributed by atoms with Gasteiger partial charge in [0.1, 0.15) is 11.9 Å². The predicted octanol–water partition coefficient (Wildman–Crippen LogP) is 5.57. The highest BCUT2D eigenvalue weighted by Gasteiger charge is 2.47. The second-order valence-electron chi connectivity index (χ2n) is 7.29. The van der Waals surface area contributed by atoms with Crippen LogP contribution in [-0.2, 0) is 4.74 Å². The fourth-order valence-corrected chi connectivity index (χ4v) is 3.38. The number of para-hydroxylation sites is 1. The van der Waals surface area contributed by atoms with Gasteiger partial charge in [-0.05, 0) is 37.3 Å². The third kappa shape index (κ3) is 6.10. The van der Waals surface area contributed by atoms with E-state index >= 15 is 0 Å². The van der Waals surface area contributed by atoms with Crippen LogP contribution in [0.15, 0.2) is 30.3 Å². The first-order valence-electron chi connectivity index (χ1n) is 9.47. The van der Waals surface area contributed by atoms with Crippen LogP contribution >= 0.6 is 0 Å². The summed E-state index contributed by atoms with van der Waals surface area (Å²) in [6.45, 7) is 11.2. The van der Waals surface area contributed by atoms with E-state index in [2.05, 4.69) is 27.7 Å². The van der Waals surface area contributed by atoms with Crippen molar-refractivity contribution < 1.29 is 14.6 Å². The van der Waals surface area contributed by atoms with Gasteiger partial charge in [-0.25, -0.2) is 0 Å². The summed E-state index contributed by atoms with van der Waals surface area (Å²) in [5.74, 6) is -0.635. The van der Waals surface area contributed by atoms with Crippen LogP contribution in [-0.4, -0.2) is 23.6 Å². The summed E-state index contributed by atoms with van der Waals surface area (Å²) in [6.07, 6.45) is 5.55. The summed E-state index contributed by atoms with van der Waals surface area (Å²) in [5.41, 5.74) is -0.163. The molecular weight excluding hydrogens is 300 g/mol. The molecule has 1 rings (SSSR count). The topological polar surface area (TPSA) is 38.7 Å². The average Bonchev–Trinajstić information content (AvgIpc) is 2.53. The van der Waals surface area contributed by atoms with Gasteiger partial charge in [-0.2, -0.15) is 0 Å². The summed E-state index contributed by atoms with van der Waals surface area (Å²) < 4.78 is 12.1. The van der Waals surface area contributed by atoms with Crippen molar-refractivity contribution in [3.63, 3.8) is 0 Å². The Morgan fingerprint density at radius 3 is 2.17 bits per heavy atom. The molecule has 0 aliphatic rings. The van der Waals surface area contributed by atoms with Crippen molar-refractivity contribution in [1.82, 2.24) is 0 Å². The van der Waals surface area contributed by atoms with E-state index in [1.165, 1.54) is 12.8 Å². The molecule has 3 nitrogen and oxygen atoms in total. The molecule has 0 saturated carbocycles. The predicted molar refractivity (Wildman–Crippen MR) is 100 cm³/mol. The van der Waals surface area contributed by atoms with Crippen molar-refractivity contribution in [3.8, 4) is 5.75 Å². The Balaban J connectivity index is 3.03. The third-order valence-electron chi connectivity index (χ3n) is 4.52. The molecule has 2 unspecified atom stereocenters. The van der Waals surface area contributed by atoms with Gasteiger partial charge in [0.05, 0.1) is 0 Å². The van der Waals surface area contributed by atoms with Crippen molar-refractivity contribution in [2.24, 2.45) is 5.41 Å². The van der Waals surface area contributed by atoms with Crippen molar-refractivity contribution in [1.29, 1.82) is 0 Å². The van der Waals surface area contributed by atoms with Gasteiger partial charge in [0, 0.05) is 13.0 Å². The minimum Gasteiger partial charge on any atom is -0.460 e. The maximum atomic E-state index is 11.4. The summed E-state index contributed by atoms with van der Waals surface area (Å²) in [4.78, 5) is 0. The van der Waals surface area contributed by atoms with E-state index in [1.54, 1.807) is 0 Å². The van der Waals surface area contributed by atoms with E-state index in [0.29, 0.717) is 18.8 Å². The van der Waals surface area contributed by atoms with Crippen molar-refractivity contribution >= 4 is 0 Å². The lowest BCUT2D eigenvalue weighted by Gasteiger charge is -2.44. The Labute approximate surface area is 148 Å². The molecule has 138 valence electrons. The van der Waals surface area contributed by atoms with Crippen LogP contribution in [0.2, 0.25) is 0 Å². The normalized spacial score (nSPS) is 15.8. The molecule has 1 N–H and O–H groups in total. The molecule has 0 saturated heterocycles. The van der Waals surface area contributed by atoms with E-state index in [1.807, 2.05) is 37.3 Å². The smallest absolute Gasteiger partial charge is 0.235 e. The summed E-state index contributed by atoms with van der Waals surface area (Å²) >= 11 is 0. The number of aliphatic hydroxyl groups is 1. The number of benzene rings is 1. The van der Waals surface area contributed by atoms with Crippen LogP contribution in [0.5, 0.6) is 5.75 Å². The highest BCUT2D eigenvalue weighted by atomic mass is 16.7. The second kappa shape index (κ2) is 10.0. The fourth-order valence-electron chi connectivity index (χ4n) is 3.38. The van der Waals surface area contributed by atoms with Crippen LogP contribution in [0.25, 0.3) is 0 Å². The zero-order chi connectivity index (χ0) is 18.1. The lowest BCUT2D eigenvalue weighted by molar-refractivity contribution is -0.253. The highest BCUT2D eigenvalue weighted by Crippen LogP contribution is 2.39. The van der Waals surface area contributed by atoms with Gasteiger partial charge in [0.25, 0.3) is 0 Å².